The molecule has 0 aliphatic heterocycles. The SMILES string of the molecule is CCCCCCCCCCCCCCCCCC(=O)O.O=C(O)CCC(=O)O.OCC(CO)(CO)CO. The van der Waals surface area contributed by atoms with Crippen LogP contribution in [0.25, 0.3) is 0 Å². The van der Waals surface area contributed by atoms with E-state index in [-0.39, 0.29) is 12.8 Å². The van der Waals surface area contributed by atoms with Gasteiger partial charge in [0.2, 0.25) is 0 Å². The maximum absolute atomic E-state index is 10.3. The maximum atomic E-state index is 10.3. The van der Waals surface area contributed by atoms with E-state index < -0.39 is 49.8 Å². The van der Waals surface area contributed by atoms with E-state index in [0.717, 1.165) is 12.8 Å². The van der Waals surface area contributed by atoms with Crippen LogP contribution in [0.4, 0.5) is 0 Å². The number of hydrogen-bond acceptors (Lipinski definition) is 7. The summed E-state index contributed by atoms with van der Waals surface area (Å²) in [6, 6.07) is 0. The summed E-state index contributed by atoms with van der Waals surface area (Å²) in [5, 5.41) is 58.3. The number of carboxylic acids is 3. The molecule has 0 atom stereocenters. The Kier molecular flexibility index (Phi) is 32.7. The van der Waals surface area contributed by atoms with E-state index in [1.54, 1.807) is 0 Å². The van der Waals surface area contributed by atoms with E-state index in [4.69, 9.17) is 35.7 Å². The molecule has 0 radical (unpaired) electrons. The summed E-state index contributed by atoms with van der Waals surface area (Å²) in [5.74, 6) is -2.81. The molecule has 10 nitrogen and oxygen atoms in total. The van der Waals surface area contributed by atoms with E-state index in [1.165, 1.54) is 83.5 Å². The third-order valence-corrected chi connectivity index (χ3v) is 5.89. The van der Waals surface area contributed by atoms with Crippen LogP contribution in [0.2, 0.25) is 0 Å². The zero-order chi connectivity index (χ0) is 28.8. The Morgan fingerprint density at radius 1 is 0.432 bits per heavy atom. The van der Waals surface area contributed by atoms with Gasteiger partial charge in [0.1, 0.15) is 0 Å². The lowest BCUT2D eigenvalue weighted by molar-refractivity contribution is -0.143. The molecule has 0 spiro atoms. The first-order chi connectivity index (χ1) is 17.6. The zero-order valence-corrected chi connectivity index (χ0v) is 22.9. The molecule has 0 bridgehead atoms. The largest absolute Gasteiger partial charge is 0.481 e. The number of unbranched alkanes of at least 4 members (excludes halogenated alkanes) is 14. The van der Waals surface area contributed by atoms with Crippen LogP contribution < -0.4 is 0 Å². The van der Waals surface area contributed by atoms with E-state index in [0.29, 0.717) is 6.42 Å². The van der Waals surface area contributed by atoms with Gasteiger partial charge < -0.3 is 35.7 Å². The van der Waals surface area contributed by atoms with Gasteiger partial charge >= 0.3 is 17.9 Å². The van der Waals surface area contributed by atoms with E-state index in [1.807, 2.05) is 0 Å². The highest BCUT2D eigenvalue weighted by molar-refractivity contribution is 5.75. The lowest BCUT2D eigenvalue weighted by atomic mass is 9.93. The van der Waals surface area contributed by atoms with Gasteiger partial charge in [-0.3, -0.25) is 14.4 Å². The van der Waals surface area contributed by atoms with Gasteiger partial charge in [-0.25, -0.2) is 0 Å². The minimum atomic E-state index is -1.11. The molecule has 0 aromatic heterocycles. The summed E-state index contributed by atoms with van der Waals surface area (Å²) < 4.78 is 0. The Bertz CT molecular complexity index is 490. The number of carboxylic acid groups (broad SMARTS) is 3. The number of rotatable bonds is 23. The second kappa shape index (κ2) is 30.5. The molecule has 0 aromatic rings. The third kappa shape index (κ3) is 34.2. The topological polar surface area (TPSA) is 193 Å². The fraction of sp³-hybridized carbons (Fsp3) is 0.889. The summed E-state index contributed by atoms with van der Waals surface area (Å²) in [4.78, 5) is 29.6. The van der Waals surface area contributed by atoms with E-state index >= 15 is 0 Å². The number of aliphatic hydroxyl groups excluding tert-OH is 4. The van der Waals surface area contributed by atoms with Crippen molar-refractivity contribution in [3.63, 3.8) is 0 Å². The van der Waals surface area contributed by atoms with E-state index in [9.17, 15) is 14.4 Å². The standard InChI is InChI=1S/C18H36O2.C5H12O4.C4H6O4/c1-2-3-4-5-6-7-8-9-10-11-12-13-14-15-16-17-18(19)20;6-1-5(2-7,3-8)4-9;5-3(6)1-2-4(7)8/h2-17H2,1H3,(H,19,20);6-9H,1-4H2;1-2H2,(H,5,6)(H,7,8). The number of carbonyl (C=O) groups is 3. The van der Waals surface area contributed by atoms with Crippen molar-refractivity contribution in [2.24, 2.45) is 5.41 Å². The van der Waals surface area contributed by atoms with Crippen molar-refractivity contribution in [3.8, 4) is 0 Å². The molecule has 7 N–H and O–H groups in total. The average Bonchev–Trinajstić information content (AvgIpc) is 2.87. The lowest BCUT2D eigenvalue weighted by Gasteiger charge is -2.23. The minimum absolute atomic E-state index is 0.296. The fourth-order valence-corrected chi connectivity index (χ4v) is 3.16. The molecular weight excluding hydrogens is 484 g/mol. The number of aliphatic carboxylic acids is 3. The van der Waals surface area contributed by atoms with Gasteiger partial charge in [0.15, 0.2) is 0 Å². The molecule has 37 heavy (non-hydrogen) atoms. The van der Waals surface area contributed by atoms with Crippen molar-refractivity contribution >= 4 is 17.9 Å². The normalized spacial score (nSPS) is 10.6. The maximum Gasteiger partial charge on any atom is 0.303 e. The van der Waals surface area contributed by atoms with Gasteiger partial charge in [-0.1, -0.05) is 96.8 Å². The molecular formula is C27H54O10. The van der Waals surface area contributed by atoms with Crippen molar-refractivity contribution < 1.29 is 50.1 Å². The second-order valence-electron chi connectivity index (χ2n) is 9.51. The molecule has 10 heteroatoms. The van der Waals surface area contributed by atoms with Crippen LogP contribution in [0.3, 0.4) is 0 Å². The Hall–Kier alpha value is -1.75. The third-order valence-electron chi connectivity index (χ3n) is 5.89. The van der Waals surface area contributed by atoms with Crippen LogP contribution in [-0.4, -0.2) is 80.1 Å². The van der Waals surface area contributed by atoms with Gasteiger partial charge in [-0.15, -0.1) is 0 Å². The summed E-state index contributed by atoms with van der Waals surface area (Å²) in [6.45, 7) is 0.645. The lowest BCUT2D eigenvalue weighted by Crippen LogP contribution is -2.37. The van der Waals surface area contributed by atoms with Crippen LogP contribution in [0.5, 0.6) is 0 Å². The highest BCUT2D eigenvalue weighted by Crippen LogP contribution is 2.14. The van der Waals surface area contributed by atoms with Gasteiger partial charge in [0, 0.05) is 6.42 Å². The molecule has 0 aromatic carbocycles. The second-order valence-corrected chi connectivity index (χ2v) is 9.51. The Morgan fingerprint density at radius 2 is 0.676 bits per heavy atom. The summed E-state index contributed by atoms with van der Waals surface area (Å²) in [5.41, 5.74) is -1.11. The van der Waals surface area contributed by atoms with Crippen molar-refractivity contribution in [1.82, 2.24) is 0 Å². The molecule has 0 fully saturated rings. The smallest absolute Gasteiger partial charge is 0.303 e. The van der Waals surface area contributed by atoms with Gasteiger partial charge in [0.05, 0.1) is 44.7 Å². The van der Waals surface area contributed by atoms with Crippen LogP contribution in [0, 0.1) is 5.41 Å². The average molecular weight is 539 g/mol. The van der Waals surface area contributed by atoms with Crippen LogP contribution in [0.1, 0.15) is 122 Å². The quantitative estimate of drug-likeness (QED) is 0.0926. The van der Waals surface area contributed by atoms with Crippen molar-refractivity contribution in [3.05, 3.63) is 0 Å². The van der Waals surface area contributed by atoms with Gasteiger partial charge in [-0.2, -0.15) is 0 Å². The highest BCUT2D eigenvalue weighted by atomic mass is 16.4. The minimum Gasteiger partial charge on any atom is -0.481 e. The fourth-order valence-electron chi connectivity index (χ4n) is 3.16. The molecule has 0 heterocycles. The summed E-state index contributed by atoms with van der Waals surface area (Å²) in [6.07, 6.45) is 19.6. The molecule has 0 amide bonds. The first-order valence-corrected chi connectivity index (χ1v) is 13.7. The van der Waals surface area contributed by atoms with Gasteiger partial charge in [0.25, 0.3) is 0 Å². The molecule has 0 unspecified atom stereocenters. The van der Waals surface area contributed by atoms with Crippen molar-refractivity contribution in [2.45, 2.75) is 122 Å². The molecule has 0 saturated heterocycles. The first-order valence-electron chi connectivity index (χ1n) is 13.7. The first kappa shape index (κ1) is 39.8. The van der Waals surface area contributed by atoms with Crippen LogP contribution in [0.15, 0.2) is 0 Å². The predicted octanol–water partition coefficient (Wildman–Crippen LogP) is 4.21. The number of hydrogen-bond donors (Lipinski definition) is 7. The molecule has 0 aliphatic rings. The molecule has 0 rings (SSSR count). The highest BCUT2D eigenvalue weighted by Gasteiger charge is 2.26. The van der Waals surface area contributed by atoms with Crippen LogP contribution >= 0.6 is 0 Å². The summed E-state index contributed by atoms with van der Waals surface area (Å²) in [7, 11) is 0. The monoisotopic (exact) mass is 538 g/mol. The number of aliphatic hydroxyl groups is 4. The Balaban J connectivity index is -0.000000559. The van der Waals surface area contributed by atoms with Crippen molar-refractivity contribution in [1.29, 1.82) is 0 Å². The van der Waals surface area contributed by atoms with Gasteiger partial charge in [-0.05, 0) is 6.42 Å². The molecule has 222 valence electrons. The predicted molar refractivity (Wildman–Crippen MR) is 142 cm³/mol. The Morgan fingerprint density at radius 3 is 0.865 bits per heavy atom. The molecule has 0 saturated carbocycles. The Labute approximate surface area is 222 Å². The van der Waals surface area contributed by atoms with Crippen LogP contribution in [-0.2, 0) is 14.4 Å². The van der Waals surface area contributed by atoms with E-state index in [2.05, 4.69) is 6.92 Å². The van der Waals surface area contributed by atoms with Crippen molar-refractivity contribution in [2.75, 3.05) is 26.4 Å². The molecule has 0 aliphatic carbocycles. The zero-order valence-electron chi connectivity index (χ0n) is 22.9. The summed E-state index contributed by atoms with van der Waals surface area (Å²) >= 11 is 0.